The normalized spacial score (nSPS) is 10.4. The average molecular weight is 276 g/mol. The van der Waals surface area contributed by atoms with Crippen LogP contribution in [0.1, 0.15) is 5.56 Å². The summed E-state index contributed by atoms with van der Waals surface area (Å²) in [7, 11) is 1.98. The van der Waals surface area contributed by atoms with Crippen molar-refractivity contribution in [1.82, 2.24) is 14.5 Å². The molecule has 6 heteroatoms. The van der Waals surface area contributed by atoms with Gasteiger partial charge < -0.3 is 15.3 Å². The Labute approximate surface area is 116 Å². The smallest absolute Gasteiger partial charge is 0.155 e. The van der Waals surface area contributed by atoms with Crippen LogP contribution >= 0.6 is 12.4 Å². The van der Waals surface area contributed by atoms with Crippen LogP contribution in [0.4, 0.5) is 0 Å². The van der Waals surface area contributed by atoms with E-state index < -0.39 is 0 Å². The summed E-state index contributed by atoms with van der Waals surface area (Å²) in [6, 6.07) is 9.50. The van der Waals surface area contributed by atoms with Gasteiger partial charge in [0.25, 0.3) is 0 Å². The molecule has 3 aromatic rings. The monoisotopic (exact) mass is 275 g/mol. The number of nitrogens with zero attached hydrogens (tertiary/aromatic N) is 2. The van der Waals surface area contributed by atoms with E-state index in [2.05, 4.69) is 9.97 Å². The summed E-state index contributed by atoms with van der Waals surface area (Å²) in [6.45, 7) is 0. The van der Waals surface area contributed by atoms with E-state index in [0.717, 1.165) is 22.6 Å². The van der Waals surface area contributed by atoms with Crippen LogP contribution in [0.25, 0.3) is 22.6 Å². The number of H-pyrrole nitrogens is 1. The van der Waals surface area contributed by atoms with Crippen molar-refractivity contribution >= 4 is 29.3 Å². The van der Waals surface area contributed by atoms with Crippen LogP contribution in [0.3, 0.4) is 0 Å². The minimum absolute atomic E-state index is 0. The lowest BCUT2D eigenvalue weighted by atomic mass is 10.2. The Bertz CT molecular complexity index is 740. The van der Waals surface area contributed by atoms with E-state index in [0.29, 0.717) is 5.56 Å². The highest BCUT2D eigenvalue weighted by atomic mass is 35.5. The second-order valence-electron chi connectivity index (χ2n) is 4.24. The molecular weight excluding hydrogens is 262 g/mol. The third-order valence-corrected chi connectivity index (χ3v) is 2.98. The Morgan fingerprint density at radius 1 is 1.37 bits per heavy atom. The van der Waals surface area contributed by atoms with Crippen molar-refractivity contribution in [3.05, 3.63) is 42.1 Å². The van der Waals surface area contributed by atoms with Crippen molar-refractivity contribution < 1.29 is 0 Å². The molecule has 0 saturated heterocycles. The first kappa shape index (κ1) is 13.2. The fourth-order valence-corrected chi connectivity index (χ4v) is 2.01. The lowest BCUT2D eigenvalue weighted by Gasteiger charge is -1.97. The number of nitrogen functional groups attached to an aromatic ring is 1. The van der Waals surface area contributed by atoms with Gasteiger partial charge in [-0.25, -0.2) is 4.98 Å². The number of nitrogens with one attached hydrogen (secondary N) is 2. The zero-order valence-electron chi connectivity index (χ0n) is 10.3. The van der Waals surface area contributed by atoms with Crippen molar-refractivity contribution in [3.8, 4) is 11.5 Å². The van der Waals surface area contributed by atoms with Crippen molar-refractivity contribution in [2.75, 3.05) is 0 Å². The highest BCUT2D eigenvalue weighted by Crippen LogP contribution is 2.21. The van der Waals surface area contributed by atoms with E-state index >= 15 is 0 Å². The van der Waals surface area contributed by atoms with Gasteiger partial charge in [-0.1, -0.05) is 0 Å². The third-order valence-electron chi connectivity index (χ3n) is 2.98. The van der Waals surface area contributed by atoms with Crippen molar-refractivity contribution in [2.24, 2.45) is 12.8 Å². The molecule has 2 heterocycles. The van der Waals surface area contributed by atoms with Gasteiger partial charge in [-0.3, -0.25) is 5.41 Å². The number of hydrogen-bond acceptors (Lipinski definition) is 2. The molecule has 19 heavy (non-hydrogen) atoms. The number of halogens is 1. The number of benzene rings is 1. The fourth-order valence-electron chi connectivity index (χ4n) is 2.01. The van der Waals surface area contributed by atoms with Crippen LogP contribution in [-0.2, 0) is 7.05 Å². The Morgan fingerprint density at radius 2 is 2.16 bits per heavy atom. The number of imidazole rings is 1. The van der Waals surface area contributed by atoms with Crippen molar-refractivity contribution in [3.63, 3.8) is 0 Å². The number of aryl methyl sites for hydroxylation is 1. The van der Waals surface area contributed by atoms with E-state index in [1.807, 2.05) is 42.1 Å². The number of rotatable bonds is 2. The molecule has 0 unspecified atom stereocenters. The molecule has 3 rings (SSSR count). The van der Waals surface area contributed by atoms with E-state index in [1.54, 1.807) is 6.07 Å². The van der Waals surface area contributed by atoms with Crippen LogP contribution in [0, 0.1) is 5.41 Å². The summed E-state index contributed by atoms with van der Waals surface area (Å²) in [5.41, 5.74) is 8.96. The van der Waals surface area contributed by atoms with Crippen molar-refractivity contribution in [1.29, 1.82) is 5.41 Å². The number of aromatic nitrogens is 3. The largest absolute Gasteiger partial charge is 0.384 e. The molecule has 0 atom stereocenters. The predicted octanol–water partition coefficient (Wildman–Crippen LogP) is 2.27. The minimum atomic E-state index is 0. The van der Waals surface area contributed by atoms with Gasteiger partial charge in [-0.05, 0) is 30.3 Å². The van der Waals surface area contributed by atoms with Crippen LogP contribution < -0.4 is 5.73 Å². The SMILES string of the molecule is Cl.Cn1cccc1-c1nc2ccc(C(=N)N)cc2[nH]1. The topological polar surface area (TPSA) is 83.5 Å². The second kappa shape index (κ2) is 4.78. The first-order valence-corrected chi connectivity index (χ1v) is 5.61. The van der Waals surface area contributed by atoms with Gasteiger partial charge in [0.05, 0.1) is 16.7 Å². The Morgan fingerprint density at radius 3 is 2.79 bits per heavy atom. The summed E-state index contributed by atoms with van der Waals surface area (Å²) < 4.78 is 2.00. The Kier molecular flexibility index (Phi) is 3.31. The third kappa shape index (κ3) is 2.20. The van der Waals surface area contributed by atoms with E-state index in [1.165, 1.54) is 0 Å². The maximum absolute atomic E-state index is 7.43. The molecule has 1 aromatic carbocycles. The van der Waals surface area contributed by atoms with Gasteiger partial charge in [-0.15, -0.1) is 12.4 Å². The zero-order chi connectivity index (χ0) is 12.7. The lowest BCUT2D eigenvalue weighted by molar-refractivity contribution is 0.927. The summed E-state index contributed by atoms with van der Waals surface area (Å²) in [5, 5.41) is 7.43. The van der Waals surface area contributed by atoms with Gasteiger partial charge in [-0.2, -0.15) is 0 Å². The van der Waals surface area contributed by atoms with Crippen LogP contribution in [0.2, 0.25) is 0 Å². The molecule has 0 fully saturated rings. The quantitative estimate of drug-likeness (QED) is 0.495. The van der Waals surface area contributed by atoms with Gasteiger partial charge >= 0.3 is 0 Å². The summed E-state index contributed by atoms with van der Waals surface area (Å²) in [5.74, 6) is 0.880. The number of nitrogens with two attached hydrogens (primary N) is 1. The van der Waals surface area contributed by atoms with E-state index in [-0.39, 0.29) is 18.2 Å². The summed E-state index contributed by atoms with van der Waals surface area (Å²) in [4.78, 5) is 7.78. The lowest BCUT2D eigenvalue weighted by Crippen LogP contribution is -2.10. The first-order valence-electron chi connectivity index (χ1n) is 5.61. The minimum Gasteiger partial charge on any atom is -0.384 e. The molecule has 0 aliphatic heterocycles. The highest BCUT2D eigenvalue weighted by Gasteiger charge is 2.08. The number of aromatic amines is 1. The molecule has 98 valence electrons. The van der Waals surface area contributed by atoms with Crippen molar-refractivity contribution in [2.45, 2.75) is 0 Å². The van der Waals surface area contributed by atoms with Gasteiger partial charge in [0, 0.05) is 18.8 Å². The van der Waals surface area contributed by atoms with Crippen LogP contribution in [0.15, 0.2) is 36.5 Å². The zero-order valence-corrected chi connectivity index (χ0v) is 11.2. The molecule has 0 saturated carbocycles. The maximum Gasteiger partial charge on any atom is 0.155 e. The molecular formula is C13H14ClN5. The molecule has 2 aromatic heterocycles. The molecule has 0 amide bonds. The number of hydrogen-bond donors (Lipinski definition) is 3. The van der Waals surface area contributed by atoms with Gasteiger partial charge in [0.2, 0.25) is 0 Å². The molecule has 0 spiro atoms. The standard InChI is InChI=1S/C13H13N5.ClH/c1-18-6-2-3-11(18)13-16-9-5-4-8(12(14)15)7-10(9)17-13;/h2-7H,1H3,(H3,14,15)(H,16,17);1H. The Balaban J connectivity index is 0.00000133. The molecule has 0 aliphatic rings. The maximum atomic E-state index is 7.43. The van der Waals surface area contributed by atoms with E-state index in [4.69, 9.17) is 11.1 Å². The Hall–Kier alpha value is -2.27. The first-order chi connectivity index (χ1) is 8.65. The molecule has 0 aliphatic carbocycles. The predicted molar refractivity (Wildman–Crippen MR) is 78.8 cm³/mol. The second-order valence-corrected chi connectivity index (χ2v) is 4.24. The molecule has 0 radical (unpaired) electrons. The van der Waals surface area contributed by atoms with E-state index in [9.17, 15) is 0 Å². The van der Waals surface area contributed by atoms with Crippen LogP contribution in [0.5, 0.6) is 0 Å². The summed E-state index contributed by atoms with van der Waals surface area (Å²) in [6.07, 6.45) is 1.98. The fraction of sp³-hybridized carbons (Fsp3) is 0.0769. The summed E-state index contributed by atoms with van der Waals surface area (Å²) >= 11 is 0. The molecule has 5 nitrogen and oxygen atoms in total. The average Bonchev–Trinajstić information content (AvgIpc) is 2.92. The highest BCUT2D eigenvalue weighted by molar-refractivity contribution is 5.98. The number of amidine groups is 1. The van der Waals surface area contributed by atoms with Gasteiger partial charge in [0.15, 0.2) is 5.82 Å². The molecule has 0 bridgehead atoms. The number of fused-ring (bicyclic) bond motifs is 1. The van der Waals surface area contributed by atoms with Crippen LogP contribution in [-0.4, -0.2) is 20.4 Å². The molecule has 4 N–H and O–H groups in total. The van der Waals surface area contributed by atoms with Gasteiger partial charge in [0.1, 0.15) is 5.84 Å².